The number of sulfonamides is 1. The SMILES string of the molecule is CCOc1cc(/C=N\NC(=O)CN(c2ccc(F)cc2)S(=O)(=O)c2ccc3c(c2)OCCO3)ccc1OCc1cccc(Cl)c1. The lowest BCUT2D eigenvalue weighted by atomic mass is 10.2. The number of anilines is 1. The molecule has 0 saturated heterocycles. The van der Waals surface area contributed by atoms with Gasteiger partial charge in [0.1, 0.15) is 32.2 Å². The van der Waals surface area contributed by atoms with Gasteiger partial charge in [0.25, 0.3) is 15.9 Å². The third-order valence-electron chi connectivity index (χ3n) is 6.46. The molecule has 0 atom stereocenters. The predicted molar refractivity (Wildman–Crippen MR) is 167 cm³/mol. The van der Waals surface area contributed by atoms with Crippen molar-refractivity contribution in [1.29, 1.82) is 0 Å². The van der Waals surface area contributed by atoms with E-state index in [1.165, 1.54) is 36.5 Å². The van der Waals surface area contributed by atoms with E-state index in [1.54, 1.807) is 24.3 Å². The van der Waals surface area contributed by atoms with Crippen LogP contribution in [0, 0.1) is 5.82 Å². The van der Waals surface area contributed by atoms with E-state index in [9.17, 15) is 17.6 Å². The highest BCUT2D eigenvalue weighted by molar-refractivity contribution is 7.92. The number of rotatable bonds is 12. The van der Waals surface area contributed by atoms with Crippen LogP contribution in [-0.4, -0.2) is 46.9 Å². The van der Waals surface area contributed by atoms with Crippen molar-refractivity contribution in [1.82, 2.24) is 5.43 Å². The van der Waals surface area contributed by atoms with Crippen LogP contribution in [0.2, 0.25) is 5.02 Å². The molecule has 0 spiro atoms. The van der Waals surface area contributed by atoms with Crippen LogP contribution in [0.3, 0.4) is 0 Å². The molecule has 45 heavy (non-hydrogen) atoms. The number of carbonyl (C=O) groups is 1. The Morgan fingerprint density at radius 2 is 1.76 bits per heavy atom. The maximum absolute atomic E-state index is 13.7. The van der Waals surface area contributed by atoms with E-state index in [0.717, 1.165) is 22.0 Å². The summed E-state index contributed by atoms with van der Waals surface area (Å²) in [5.74, 6) is 0.372. The molecule has 0 unspecified atom stereocenters. The standard InChI is InChI=1S/C32H29ClFN3O7S/c1-2-41-30-17-22(6-12-29(30)44-21-23-4-3-5-24(33)16-23)19-35-36-32(38)20-37(26-9-7-25(34)8-10-26)45(39,40)27-11-13-28-31(18-27)43-15-14-42-28/h3-13,16-19H,2,14-15,20-21H2,1H3,(H,36,38)/b35-19-. The molecule has 0 saturated carbocycles. The van der Waals surface area contributed by atoms with Crippen molar-refractivity contribution in [3.05, 3.63) is 107 Å². The topological polar surface area (TPSA) is 116 Å². The van der Waals surface area contributed by atoms with Crippen molar-refractivity contribution < 1.29 is 36.6 Å². The summed E-state index contributed by atoms with van der Waals surface area (Å²) in [6.07, 6.45) is 1.39. The van der Waals surface area contributed by atoms with E-state index in [1.807, 2.05) is 25.1 Å². The second-order valence-electron chi connectivity index (χ2n) is 9.64. The van der Waals surface area contributed by atoms with Gasteiger partial charge in [0.2, 0.25) is 0 Å². The van der Waals surface area contributed by atoms with Crippen molar-refractivity contribution in [3.8, 4) is 23.0 Å². The normalized spacial score (nSPS) is 12.5. The number of hydrogen-bond acceptors (Lipinski definition) is 8. The highest BCUT2D eigenvalue weighted by Crippen LogP contribution is 2.34. The largest absolute Gasteiger partial charge is 0.490 e. The first-order valence-electron chi connectivity index (χ1n) is 13.9. The molecule has 1 aliphatic heterocycles. The zero-order valence-corrected chi connectivity index (χ0v) is 25.7. The second kappa shape index (κ2) is 14.3. The Balaban J connectivity index is 1.30. The molecule has 0 fully saturated rings. The van der Waals surface area contributed by atoms with Crippen LogP contribution < -0.4 is 28.7 Å². The van der Waals surface area contributed by atoms with Crippen molar-refractivity contribution in [2.45, 2.75) is 18.4 Å². The number of amides is 1. The number of benzene rings is 4. The molecule has 0 radical (unpaired) electrons. The molecular weight excluding hydrogens is 625 g/mol. The molecular formula is C32H29ClFN3O7S. The summed E-state index contributed by atoms with van der Waals surface area (Å²) < 4.78 is 64.6. The quantitative estimate of drug-likeness (QED) is 0.157. The van der Waals surface area contributed by atoms with Gasteiger partial charge in [0.15, 0.2) is 23.0 Å². The number of hydrazone groups is 1. The Morgan fingerprint density at radius 1 is 0.978 bits per heavy atom. The lowest BCUT2D eigenvalue weighted by molar-refractivity contribution is -0.119. The molecule has 1 aliphatic rings. The van der Waals surface area contributed by atoms with Crippen molar-refractivity contribution >= 4 is 39.4 Å². The fraction of sp³-hybridized carbons (Fsp3) is 0.188. The van der Waals surface area contributed by atoms with Gasteiger partial charge in [-0.15, -0.1) is 0 Å². The fourth-order valence-electron chi connectivity index (χ4n) is 4.36. The molecule has 0 aromatic heterocycles. The zero-order valence-electron chi connectivity index (χ0n) is 24.1. The summed E-state index contributed by atoms with van der Waals surface area (Å²) in [7, 11) is -4.29. The van der Waals surface area contributed by atoms with Crippen LogP contribution in [0.1, 0.15) is 18.1 Å². The first-order chi connectivity index (χ1) is 21.7. The number of hydrogen-bond donors (Lipinski definition) is 1. The van der Waals surface area contributed by atoms with Crippen LogP contribution in [0.4, 0.5) is 10.1 Å². The number of fused-ring (bicyclic) bond motifs is 1. The molecule has 4 aromatic carbocycles. The Morgan fingerprint density at radius 3 is 2.51 bits per heavy atom. The van der Waals surface area contributed by atoms with Gasteiger partial charge in [-0.2, -0.15) is 5.10 Å². The van der Waals surface area contributed by atoms with Crippen molar-refractivity contribution in [2.24, 2.45) is 5.10 Å². The number of ether oxygens (including phenoxy) is 4. The van der Waals surface area contributed by atoms with Gasteiger partial charge < -0.3 is 18.9 Å². The summed E-state index contributed by atoms with van der Waals surface area (Å²) in [6, 6.07) is 21.4. The van der Waals surface area contributed by atoms with E-state index in [0.29, 0.717) is 41.0 Å². The Hall–Kier alpha value is -4.81. The molecule has 0 bridgehead atoms. The predicted octanol–water partition coefficient (Wildman–Crippen LogP) is 5.57. The van der Waals surface area contributed by atoms with E-state index in [4.69, 9.17) is 30.5 Å². The first-order valence-corrected chi connectivity index (χ1v) is 15.7. The van der Waals surface area contributed by atoms with Gasteiger partial charge in [0, 0.05) is 11.1 Å². The van der Waals surface area contributed by atoms with E-state index in [2.05, 4.69) is 10.5 Å². The van der Waals surface area contributed by atoms with Crippen molar-refractivity contribution in [3.63, 3.8) is 0 Å². The maximum atomic E-state index is 13.7. The Bertz CT molecular complexity index is 1800. The van der Waals surface area contributed by atoms with E-state index in [-0.39, 0.29) is 29.5 Å². The Labute approximate surface area is 265 Å². The second-order valence-corrected chi connectivity index (χ2v) is 11.9. The molecule has 1 amide bonds. The van der Waals surface area contributed by atoms with Gasteiger partial charge in [-0.3, -0.25) is 9.10 Å². The molecule has 13 heteroatoms. The van der Waals surface area contributed by atoms with Gasteiger partial charge in [0.05, 0.1) is 23.4 Å². The number of carbonyl (C=O) groups excluding carboxylic acids is 1. The maximum Gasteiger partial charge on any atom is 0.264 e. The minimum absolute atomic E-state index is 0.0835. The average molecular weight is 654 g/mol. The summed E-state index contributed by atoms with van der Waals surface area (Å²) in [5.41, 5.74) is 3.92. The molecule has 0 aliphatic carbocycles. The summed E-state index contributed by atoms with van der Waals surface area (Å²) in [5, 5.41) is 4.60. The van der Waals surface area contributed by atoms with Gasteiger partial charge >= 0.3 is 0 Å². The summed E-state index contributed by atoms with van der Waals surface area (Å²) >= 11 is 6.06. The number of halogens is 2. The molecule has 1 N–H and O–H groups in total. The van der Waals surface area contributed by atoms with Crippen LogP contribution in [0.15, 0.2) is 94.9 Å². The van der Waals surface area contributed by atoms with Gasteiger partial charge in [-0.05, 0) is 84.8 Å². The molecule has 10 nitrogen and oxygen atoms in total. The van der Waals surface area contributed by atoms with Crippen LogP contribution >= 0.6 is 11.6 Å². The molecule has 234 valence electrons. The highest BCUT2D eigenvalue weighted by Gasteiger charge is 2.29. The molecule has 4 aromatic rings. The van der Waals surface area contributed by atoms with Crippen LogP contribution in [-0.2, 0) is 21.4 Å². The average Bonchev–Trinajstić information content (AvgIpc) is 3.03. The molecule has 1 heterocycles. The minimum atomic E-state index is -4.29. The van der Waals surface area contributed by atoms with Crippen LogP contribution in [0.5, 0.6) is 23.0 Å². The monoisotopic (exact) mass is 653 g/mol. The van der Waals surface area contributed by atoms with E-state index >= 15 is 0 Å². The third-order valence-corrected chi connectivity index (χ3v) is 8.46. The fourth-order valence-corrected chi connectivity index (χ4v) is 6.01. The van der Waals surface area contributed by atoms with Gasteiger partial charge in [-0.25, -0.2) is 18.2 Å². The van der Waals surface area contributed by atoms with Crippen molar-refractivity contribution in [2.75, 3.05) is 30.7 Å². The zero-order chi connectivity index (χ0) is 31.8. The number of nitrogens with one attached hydrogen (secondary N) is 1. The first kappa shape index (κ1) is 31.6. The highest BCUT2D eigenvalue weighted by atomic mass is 35.5. The van der Waals surface area contributed by atoms with Gasteiger partial charge in [-0.1, -0.05) is 23.7 Å². The van der Waals surface area contributed by atoms with Crippen LogP contribution in [0.25, 0.3) is 0 Å². The van der Waals surface area contributed by atoms with E-state index < -0.39 is 28.3 Å². The minimum Gasteiger partial charge on any atom is -0.490 e. The third kappa shape index (κ3) is 8.02. The number of nitrogens with zero attached hydrogens (tertiary/aromatic N) is 2. The summed E-state index contributed by atoms with van der Waals surface area (Å²) in [6.45, 7) is 2.49. The summed E-state index contributed by atoms with van der Waals surface area (Å²) in [4.78, 5) is 12.8. The molecule has 5 rings (SSSR count). The lowest BCUT2D eigenvalue weighted by Crippen LogP contribution is -2.39. The lowest BCUT2D eigenvalue weighted by Gasteiger charge is -2.25. The smallest absolute Gasteiger partial charge is 0.264 e. The Kier molecular flexibility index (Phi) is 10.1.